The first-order valence-corrected chi connectivity index (χ1v) is 6.32. The summed E-state index contributed by atoms with van der Waals surface area (Å²) in [6.07, 6.45) is 1.80. The number of pyridine rings is 1. The zero-order chi connectivity index (χ0) is 12.7. The zero-order valence-electron chi connectivity index (χ0n) is 10.1. The van der Waals surface area contributed by atoms with Crippen LogP contribution in [-0.4, -0.2) is 29.8 Å². The summed E-state index contributed by atoms with van der Waals surface area (Å²) in [6.45, 7) is 1.74. The molecule has 0 N–H and O–H groups in total. The molecule has 2 aromatic rings. The molecule has 0 fully saturated rings. The van der Waals surface area contributed by atoms with Gasteiger partial charge in [0.25, 0.3) is 0 Å². The number of aldehydes is 1. The number of halogens is 1. The molecule has 1 aromatic carbocycles. The van der Waals surface area contributed by atoms with Gasteiger partial charge in [0.05, 0.1) is 10.5 Å². The maximum Gasteiger partial charge on any atom is 0.151 e. The Bertz CT molecular complexity index is 639. The summed E-state index contributed by atoms with van der Waals surface area (Å²) in [5.41, 5.74) is 3.54. The smallest absolute Gasteiger partial charge is 0.151 e. The summed E-state index contributed by atoms with van der Waals surface area (Å²) in [6, 6.07) is 5.58. The van der Waals surface area contributed by atoms with Crippen LogP contribution in [0.5, 0.6) is 0 Å². The summed E-state index contributed by atoms with van der Waals surface area (Å²) in [7, 11) is 2.06. The van der Waals surface area contributed by atoms with Crippen LogP contribution >= 0.6 is 11.6 Å². The van der Waals surface area contributed by atoms with Gasteiger partial charge in [-0.05, 0) is 18.7 Å². The third kappa shape index (κ3) is 1.71. The Morgan fingerprint density at radius 3 is 3.06 bits per heavy atom. The van der Waals surface area contributed by atoms with E-state index in [0.717, 1.165) is 53.5 Å². The lowest BCUT2D eigenvalue weighted by Crippen LogP contribution is -2.28. The van der Waals surface area contributed by atoms with Crippen molar-refractivity contribution in [3.8, 4) is 0 Å². The number of carbonyl (C=O) groups excluding carboxylic acids is 1. The molecule has 18 heavy (non-hydrogen) atoms. The van der Waals surface area contributed by atoms with Crippen LogP contribution in [0.15, 0.2) is 18.2 Å². The Labute approximate surface area is 110 Å². The minimum atomic E-state index is 0.609. The van der Waals surface area contributed by atoms with E-state index in [-0.39, 0.29) is 0 Å². The van der Waals surface area contributed by atoms with Gasteiger partial charge in [0.1, 0.15) is 0 Å². The Hall–Kier alpha value is -1.45. The van der Waals surface area contributed by atoms with E-state index in [4.69, 9.17) is 11.6 Å². The minimum Gasteiger partial charge on any atom is -0.302 e. The summed E-state index contributed by atoms with van der Waals surface area (Å²) >= 11 is 6.17. The molecule has 1 aromatic heterocycles. The maximum absolute atomic E-state index is 11.4. The van der Waals surface area contributed by atoms with Gasteiger partial charge in [0, 0.05) is 36.2 Å². The number of para-hydroxylation sites is 1. The Morgan fingerprint density at radius 1 is 1.44 bits per heavy atom. The molecule has 0 aliphatic carbocycles. The third-order valence-corrected chi connectivity index (χ3v) is 3.78. The highest BCUT2D eigenvalue weighted by Gasteiger charge is 2.20. The molecule has 0 unspecified atom stereocenters. The molecule has 0 saturated carbocycles. The van der Waals surface area contributed by atoms with E-state index in [2.05, 4.69) is 16.9 Å². The number of hydrogen-bond acceptors (Lipinski definition) is 3. The van der Waals surface area contributed by atoms with Gasteiger partial charge in [0.2, 0.25) is 0 Å². The topological polar surface area (TPSA) is 33.2 Å². The van der Waals surface area contributed by atoms with Crippen LogP contribution < -0.4 is 0 Å². The van der Waals surface area contributed by atoms with E-state index in [0.29, 0.717) is 5.02 Å². The molecule has 2 heterocycles. The lowest BCUT2D eigenvalue weighted by Gasteiger charge is -2.26. The summed E-state index contributed by atoms with van der Waals surface area (Å²) in [4.78, 5) is 18.3. The number of hydrogen-bond donors (Lipinski definition) is 0. The fraction of sp³-hybridized carbons (Fsp3) is 0.286. The number of carbonyl (C=O) groups is 1. The van der Waals surface area contributed by atoms with Gasteiger partial charge in [-0.25, -0.2) is 0 Å². The van der Waals surface area contributed by atoms with E-state index in [9.17, 15) is 4.79 Å². The van der Waals surface area contributed by atoms with Crippen LogP contribution in [0.2, 0.25) is 5.02 Å². The van der Waals surface area contributed by atoms with E-state index in [1.807, 2.05) is 18.2 Å². The Kier molecular flexibility index (Phi) is 2.80. The second-order valence-corrected chi connectivity index (χ2v) is 5.10. The highest BCUT2D eigenvalue weighted by molar-refractivity contribution is 6.35. The molecule has 3 nitrogen and oxygen atoms in total. The molecule has 1 aliphatic heterocycles. The van der Waals surface area contributed by atoms with Gasteiger partial charge >= 0.3 is 0 Å². The Morgan fingerprint density at radius 2 is 2.28 bits per heavy atom. The number of likely N-dealkylation sites (N-methyl/N-ethyl adjacent to an activating group) is 1. The van der Waals surface area contributed by atoms with Crippen molar-refractivity contribution in [2.45, 2.75) is 13.0 Å². The van der Waals surface area contributed by atoms with Crippen LogP contribution in [-0.2, 0) is 13.0 Å². The van der Waals surface area contributed by atoms with Crippen molar-refractivity contribution in [2.75, 3.05) is 13.6 Å². The van der Waals surface area contributed by atoms with Gasteiger partial charge in [-0.15, -0.1) is 0 Å². The van der Waals surface area contributed by atoms with E-state index in [1.165, 1.54) is 0 Å². The van der Waals surface area contributed by atoms with Crippen molar-refractivity contribution in [3.05, 3.63) is 40.0 Å². The van der Waals surface area contributed by atoms with Gasteiger partial charge < -0.3 is 4.90 Å². The van der Waals surface area contributed by atoms with Crippen molar-refractivity contribution in [1.82, 2.24) is 9.88 Å². The van der Waals surface area contributed by atoms with Crippen molar-refractivity contribution < 1.29 is 4.79 Å². The second kappa shape index (κ2) is 4.34. The van der Waals surface area contributed by atoms with Gasteiger partial charge in [-0.2, -0.15) is 0 Å². The highest BCUT2D eigenvalue weighted by Crippen LogP contribution is 2.29. The van der Waals surface area contributed by atoms with Crippen LogP contribution in [0.4, 0.5) is 0 Å². The molecule has 0 bridgehead atoms. The van der Waals surface area contributed by atoms with E-state index < -0.39 is 0 Å². The van der Waals surface area contributed by atoms with Gasteiger partial charge in [-0.1, -0.05) is 23.7 Å². The van der Waals surface area contributed by atoms with Crippen LogP contribution in [0.1, 0.15) is 21.6 Å². The molecule has 3 rings (SSSR count). The summed E-state index contributed by atoms with van der Waals surface area (Å²) in [5.74, 6) is 0. The summed E-state index contributed by atoms with van der Waals surface area (Å²) < 4.78 is 0. The molecule has 0 amide bonds. The van der Waals surface area contributed by atoms with Crippen LogP contribution in [0.3, 0.4) is 0 Å². The van der Waals surface area contributed by atoms with Crippen molar-refractivity contribution in [1.29, 1.82) is 0 Å². The van der Waals surface area contributed by atoms with Gasteiger partial charge in [0.15, 0.2) is 6.29 Å². The van der Waals surface area contributed by atoms with Gasteiger partial charge in [-0.3, -0.25) is 9.78 Å². The predicted octanol–water partition coefficient (Wildman–Crippen LogP) is 2.69. The fourth-order valence-electron chi connectivity index (χ4n) is 2.53. The molecule has 4 heteroatoms. The lowest BCUT2D eigenvalue weighted by atomic mass is 9.97. The molecule has 0 atom stereocenters. The molecule has 0 saturated heterocycles. The largest absolute Gasteiger partial charge is 0.302 e. The zero-order valence-corrected chi connectivity index (χ0v) is 10.9. The number of fused-ring (bicyclic) bond motifs is 2. The third-order valence-electron chi connectivity index (χ3n) is 3.47. The molecule has 1 aliphatic rings. The first-order chi connectivity index (χ1) is 8.70. The number of benzene rings is 1. The van der Waals surface area contributed by atoms with E-state index in [1.54, 1.807) is 0 Å². The number of aromatic nitrogens is 1. The lowest BCUT2D eigenvalue weighted by molar-refractivity contribution is 0.112. The SMILES string of the molecule is CN1CCc2nc3c(Cl)cccc3c(C=O)c2C1. The van der Waals surface area contributed by atoms with Crippen molar-refractivity contribution >= 4 is 28.8 Å². The molecule has 0 spiro atoms. The van der Waals surface area contributed by atoms with Crippen LogP contribution in [0, 0.1) is 0 Å². The molecule has 0 radical (unpaired) electrons. The number of nitrogens with zero attached hydrogens (tertiary/aromatic N) is 2. The van der Waals surface area contributed by atoms with Crippen molar-refractivity contribution in [2.24, 2.45) is 0 Å². The monoisotopic (exact) mass is 260 g/mol. The molecular weight excluding hydrogens is 248 g/mol. The predicted molar refractivity (Wildman–Crippen MR) is 72.2 cm³/mol. The standard InChI is InChI=1S/C14H13ClN2O/c1-17-6-5-13-10(7-17)11(8-18)9-3-2-4-12(15)14(9)16-13/h2-4,8H,5-7H2,1H3. The first kappa shape index (κ1) is 11.6. The fourth-order valence-corrected chi connectivity index (χ4v) is 2.75. The maximum atomic E-state index is 11.4. The average Bonchev–Trinajstić information content (AvgIpc) is 2.37. The number of rotatable bonds is 1. The highest BCUT2D eigenvalue weighted by atomic mass is 35.5. The summed E-state index contributed by atoms with van der Waals surface area (Å²) in [5, 5.41) is 1.46. The quantitative estimate of drug-likeness (QED) is 0.739. The molecular formula is C14H13ClN2O. The van der Waals surface area contributed by atoms with E-state index >= 15 is 0 Å². The minimum absolute atomic E-state index is 0.609. The second-order valence-electron chi connectivity index (χ2n) is 4.69. The average molecular weight is 261 g/mol. The molecule has 92 valence electrons. The Balaban J connectivity index is 2.37. The van der Waals surface area contributed by atoms with Crippen LogP contribution in [0.25, 0.3) is 10.9 Å². The van der Waals surface area contributed by atoms with Crippen molar-refractivity contribution in [3.63, 3.8) is 0 Å². The normalized spacial score (nSPS) is 15.7. The first-order valence-electron chi connectivity index (χ1n) is 5.94.